The number of nitrogens with one attached hydrogen (secondary N) is 1. The third kappa shape index (κ3) is 6.68. The number of carboxylic acid groups (broad SMARTS) is 1. The standard InChI is InChI=1S/C20H27N3O5/c1-20(2,3)12-11-15(19(25)26)21-16(24)9-10-17-22-18(23-28-17)13-5-7-14(27-4)8-6-13/h5-8,15H,9-12H2,1-4H3,(H,21,24)(H,25,26). The topological polar surface area (TPSA) is 115 Å². The first-order chi connectivity index (χ1) is 13.2. The van der Waals surface area contributed by atoms with Crippen LogP contribution in [0.5, 0.6) is 5.75 Å². The van der Waals surface area contributed by atoms with E-state index in [1.54, 1.807) is 19.2 Å². The quantitative estimate of drug-likeness (QED) is 0.677. The number of rotatable bonds is 9. The second-order valence-corrected chi connectivity index (χ2v) is 7.80. The zero-order chi connectivity index (χ0) is 20.7. The zero-order valence-corrected chi connectivity index (χ0v) is 16.7. The molecule has 28 heavy (non-hydrogen) atoms. The van der Waals surface area contributed by atoms with Gasteiger partial charge in [-0.05, 0) is 42.5 Å². The number of carboxylic acids is 1. The van der Waals surface area contributed by atoms with Crippen molar-refractivity contribution in [3.63, 3.8) is 0 Å². The van der Waals surface area contributed by atoms with Crippen molar-refractivity contribution in [2.24, 2.45) is 5.41 Å². The Balaban J connectivity index is 1.88. The Bertz CT molecular complexity index is 793. The highest BCUT2D eigenvalue weighted by atomic mass is 16.5. The molecule has 0 fully saturated rings. The van der Waals surface area contributed by atoms with Gasteiger partial charge in [0.05, 0.1) is 7.11 Å². The fourth-order valence-corrected chi connectivity index (χ4v) is 2.54. The number of hydrogen-bond acceptors (Lipinski definition) is 6. The average molecular weight is 389 g/mol. The lowest BCUT2D eigenvalue weighted by Crippen LogP contribution is -2.41. The Kier molecular flexibility index (Phi) is 7.14. The number of hydrogen-bond donors (Lipinski definition) is 2. The van der Waals surface area contributed by atoms with Crippen molar-refractivity contribution in [2.45, 2.75) is 52.5 Å². The molecule has 1 atom stereocenters. The second kappa shape index (κ2) is 9.34. The van der Waals surface area contributed by atoms with Gasteiger partial charge in [-0.1, -0.05) is 25.9 Å². The van der Waals surface area contributed by atoms with E-state index in [1.807, 2.05) is 32.9 Å². The molecule has 0 aliphatic carbocycles. The number of nitrogens with zero attached hydrogens (tertiary/aromatic N) is 2. The fraction of sp³-hybridized carbons (Fsp3) is 0.500. The Morgan fingerprint density at radius 3 is 2.50 bits per heavy atom. The lowest BCUT2D eigenvalue weighted by atomic mass is 9.88. The largest absolute Gasteiger partial charge is 0.497 e. The number of carbonyl (C=O) groups excluding carboxylic acids is 1. The van der Waals surface area contributed by atoms with Crippen molar-refractivity contribution in [1.29, 1.82) is 0 Å². The molecule has 0 aliphatic rings. The van der Waals surface area contributed by atoms with E-state index < -0.39 is 12.0 Å². The summed E-state index contributed by atoms with van der Waals surface area (Å²) in [5, 5.41) is 15.8. The van der Waals surface area contributed by atoms with Crippen LogP contribution in [0.15, 0.2) is 28.8 Å². The summed E-state index contributed by atoms with van der Waals surface area (Å²) in [5.74, 6) is 0.0838. The molecule has 1 aromatic carbocycles. The Labute approximate surface area is 164 Å². The third-order valence-electron chi connectivity index (χ3n) is 4.20. The summed E-state index contributed by atoms with van der Waals surface area (Å²) in [6, 6.07) is 6.31. The number of amides is 1. The molecule has 2 N–H and O–H groups in total. The summed E-state index contributed by atoms with van der Waals surface area (Å²) in [5.41, 5.74) is 0.772. The van der Waals surface area contributed by atoms with E-state index in [4.69, 9.17) is 9.26 Å². The number of methoxy groups -OCH3 is 1. The van der Waals surface area contributed by atoms with Gasteiger partial charge in [-0.2, -0.15) is 4.98 Å². The highest BCUT2D eigenvalue weighted by Crippen LogP contribution is 2.22. The molecule has 0 saturated carbocycles. The van der Waals surface area contributed by atoms with Crippen LogP contribution >= 0.6 is 0 Å². The van der Waals surface area contributed by atoms with Crippen LogP contribution in [0.4, 0.5) is 0 Å². The van der Waals surface area contributed by atoms with Crippen LogP contribution in [-0.2, 0) is 16.0 Å². The third-order valence-corrected chi connectivity index (χ3v) is 4.20. The molecule has 2 aromatic rings. The first-order valence-electron chi connectivity index (χ1n) is 9.17. The number of benzene rings is 1. The highest BCUT2D eigenvalue weighted by Gasteiger charge is 2.23. The van der Waals surface area contributed by atoms with Gasteiger partial charge in [-0.15, -0.1) is 0 Å². The monoisotopic (exact) mass is 389 g/mol. The summed E-state index contributed by atoms with van der Waals surface area (Å²) < 4.78 is 10.3. The summed E-state index contributed by atoms with van der Waals surface area (Å²) in [7, 11) is 1.59. The van der Waals surface area contributed by atoms with Gasteiger partial charge in [0.25, 0.3) is 0 Å². The van der Waals surface area contributed by atoms with E-state index in [1.165, 1.54) is 0 Å². The summed E-state index contributed by atoms with van der Waals surface area (Å²) in [6.45, 7) is 6.09. The Morgan fingerprint density at radius 2 is 1.93 bits per heavy atom. The average Bonchev–Trinajstić information content (AvgIpc) is 3.11. The SMILES string of the molecule is COc1ccc(-c2noc(CCC(=O)NC(CCC(C)(C)C)C(=O)O)n2)cc1. The lowest BCUT2D eigenvalue weighted by molar-refractivity contribution is -0.142. The van der Waals surface area contributed by atoms with Crippen LogP contribution in [0.2, 0.25) is 0 Å². The van der Waals surface area contributed by atoms with Crippen molar-refractivity contribution in [2.75, 3.05) is 7.11 Å². The first-order valence-corrected chi connectivity index (χ1v) is 9.17. The predicted molar refractivity (Wildman–Crippen MR) is 103 cm³/mol. The van der Waals surface area contributed by atoms with E-state index in [-0.39, 0.29) is 24.2 Å². The van der Waals surface area contributed by atoms with E-state index >= 15 is 0 Å². The van der Waals surface area contributed by atoms with Crippen molar-refractivity contribution in [3.8, 4) is 17.1 Å². The number of ether oxygens (including phenoxy) is 1. The molecule has 1 heterocycles. The second-order valence-electron chi connectivity index (χ2n) is 7.80. The number of aromatic nitrogens is 2. The first kappa shape index (κ1) is 21.4. The van der Waals surface area contributed by atoms with Crippen LogP contribution in [0.1, 0.15) is 45.9 Å². The molecule has 1 amide bonds. The number of aryl methyl sites for hydroxylation is 1. The minimum Gasteiger partial charge on any atom is -0.497 e. The van der Waals surface area contributed by atoms with Crippen LogP contribution in [0.25, 0.3) is 11.4 Å². The number of carbonyl (C=O) groups is 2. The lowest BCUT2D eigenvalue weighted by Gasteiger charge is -2.21. The molecule has 1 unspecified atom stereocenters. The smallest absolute Gasteiger partial charge is 0.326 e. The minimum absolute atomic E-state index is 0.0000425. The van der Waals surface area contributed by atoms with Gasteiger partial charge in [0.1, 0.15) is 11.8 Å². The molecule has 1 aromatic heterocycles. The van der Waals surface area contributed by atoms with E-state index in [2.05, 4.69) is 15.5 Å². The maximum Gasteiger partial charge on any atom is 0.326 e. The maximum absolute atomic E-state index is 12.1. The van der Waals surface area contributed by atoms with E-state index in [9.17, 15) is 14.7 Å². The van der Waals surface area contributed by atoms with Gasteiger partial charge < -0.3 is 19.7 Å². The molecule has 0 bridgehead atoms. The van der Waals surface area contributed by atoms with Crippen molar-refractivity contribution >= 4 is 11.9 Å². The molecular weight excluding hydrogens is 362 g/mol. The number of aliphatic carboxylic acids is 1. The van der Waals surface area contributed by atoms with Gasteiger partial charge in [-0.3, -0.25) is 4.79 Å². The molecule has 0 radical (unpaired) electrons. The molecular formula is C20H27N3O5. The van der Waals surface area contributed by atoms with Gasteiger partial charge in [-0.25, -0.2) is 4.79 Å². The summed E-state index contributed by atoms with van der Waals surface area (Å²) in [4.78, 5) is 27.8. The van der Waals surface area contributed by atoms with Crippen molar-refractivity contribution in [3.05, 3.63) is 30.2 Å². The van der Waals surface area contributed by atoms with Gasteiger partial charge in [0.2, 0.25) is 17.6 Å². The molecule has 0 aliphatic heterocycles. The highest BCUT2D eigenvalue weighted by molar-refractivity contribution is 5.83. The van der Waals surface area contributed by atoms with Gasteiger partial charge >= 0.3 is 5.97 Å². The van der Waals surface area contributed by atoms with Crippen LogP contribution in [-0.4, -0.2) is 40.3 Å². The normalized spacial score (nSPS) is 12.4. The fourth-order valence-electron chi connectivity index (χ4n) is 2.54. The minimum atomic E-state index is -1.03. The van der Waals surface area contributed by atoms with Crippen LogP contribution < -0.4 is 10.1 Å². The maximum atomic E-state index is 12.1. The van der Waals surface area contributed by atoms with Crippen molar-refractivity contribution in [1.82, 2.24) is 15.5 Å². The Hall–Kier alpha value is -2.90. The van der Waals surface area contributed by atoms with Crippen molar-refractivity contribution < 1.29 is 24.0 Å². The predicted octanol–water partition coefficient (Wildman–Crippen LogP) is 3.07. The van der Waals surface area contributed by atoms with Gasteiger partial charge in [0, 0.05) is 18.4 Å². The van der Waals surface area contributed by atoms with Crippen LogP contribution in [0, 0.1) is 5.41 Å². The van der Waals surface area contributed by atoms with Crippen LogP contribution in [0.3, 0.4) is 0 Å². The molecule has 8 nitrogen and oxygen atoms in total. The Morgan fingerprint density at radius 1 is 1.25 bits per heavy atom. The molecule has 2 rings (SSSR count). The zero-order valence-electron chi connectivity index (χ0n) is 16.7. The van der Waals surface area contributed by atoms with E-state index in [0.29, 0.717) is 24.6 Å². The molecule has 8 heteroatoms. The molecule has 0 saturated heterocycles. The van der Waals surface area contributed by atoms with Gasteiger partial charge in [0.15, 0.2) is 0 Å². The molecule has 152 valence electrons. The summed E-state index contributed by atoms with van der Waals surface area (Å²) in [6.07, 6.45) is 1.38. The molecule has 0 spiro atoms. The summed E-state index contributed by atoms with van der Waals surface area (Å²) >= 11 is 0. The van der Waals surface area contributed by atoms with E-state index in [0.717, 1.165) is 11.3 Å².